The van der Waals surface area contributed by atoms with E-state index in [1.54, 1.807) is 0 Å². The molecule has 3 amide bonds. The molecule has 34 heavy (non-hydrogen) atoms. The van der Waals surface area contributed by atoms with Crippen LogP contribution < -0.4 is 10.2 Å². The van der Waals surface area contributed by atoms with Crippen LogP contribution >= 0.6 is 0 Å². The van der Waals surface area contributed by atoms with Crippen LogP contribution in [0.3, 0.4) is 0 Å². The number of nitrogens with zero attached hydrogens (tertiary/aromatic N) is 2. The van der Waals surface area contributed by atoms with E-state index in [1.807, 2.05) is 54.6 Å². The lowest BCUT2D eigenvalue weighted by molar-refractivity contribution is -0.130. The first-order valence-electron chi connectivity index (χ1n) is 11.8. The van der Waals surface area contributed by atoms with Gasteiger partial charge in [0.05, 0.1) is 32.2 Å². The summed E-state index contributed by atoms with van der Waals surface area (Å²) in [4.78, 5) is 29.7. The van der Waals surface area contributed by atoms with E-state index < -0.39 is 0 Å². The molecule has 6 heteroatoms. The molecule has 5 rings (SSSR count). The second-order valence-electron chi connectivity index (χ2n) is 8.91. The van der Waals surface area contributed by atoms with Gasteiger partial charge in [0.15, 0.2) is 0 Å². The number of rotatable bonds is 5. The second-order valence-corrected chi connectivity index (χ2v) is 8.91. The maximum Gasteiger partial charge on any atom is 0.324 e. The van der Waals surface area contributed by atoms with Crippen molar-refractivity contribution in [2.45, 2.75) is 25.9 Å². The van der Waals surface area contributed by atoms with Crippen molar-refractivity contribution in [2.24, 2.45) is 0 Å². The summed E-state index contributed by atoms with van der Waals surface area (Å²) >= 11 is 0. The molecule has 0 spiro atoms. The van der Waals surface area contributed by atoms with Crippen LogP contribution in [0, 0.1) is 6.92 Å². The number of morpholine rings is 1. The minimum atomic E-state index is -0.345. The average Bonchev–Trinajstić information content (AvgIpc) is 2.88. The highest BCUT2D eigenvalue weighted by Crippen LogP contribution is 2.29. The van der Waals surface area contributed by atoms with Crippen molar-refractivity contribution in [1.82, 2.24) is 10.2 Å². The van der Waals surface area contributed by atoms with Gasteiger partial charge in [-0.2, -0.15) is 0 Å². The quantitative estimate of drug-likeness (QED) is 0.607. The predicted octanol–water partition coefficient (Wildman–Crippen LogP) is 4.68. The number of anilines is 1. The number of hydrogen-bond acceptors (Lipinski definition) is 4. The van der Waals surface area contributed by atoms with Crippen LogP contribution in [-0.2, 0) is 16.1 Å². The van der Waals surface area contributed by atoms with Gasteiger partial charge in [0.25, 0.3) is 0 Å². The smallest absolute Gasteiger partial charge is 0.324 e. The van der Waals surface area contributed by atoms with Gasteiger partial charge in [-0.15, -0.1) is 0 Å². The lowest BCUT2D eigenvalue weighted by Gasteiger charge is -2.34. The summed E-state index contributed by atoms with van der Waals surface area (Å²) in [5.74, 6) is -0.158. The molecule has 2 saturated heterocycles. The minimum Gasteiger partial charge on any atom is -0.378 e. The van der Waals surface area contributed by atoms with Gasteiger partial charge < -0.3 is 15.0 Å². The lowest BCUT2D eigenvalue weighted by atomic mass is 9.97. The fourth-order valence-corrected chi connectivity index (χ4v) is 4.65. The van der Waals surface area contributed by atoms with Gasteiger partial charge >= 0.3 is 6.03 Å². The van der Waals surface area contributed by atoms with Crippen LogP contribution in [0.25, 0.3) is 11.1 Å². The van der Waals surface area contributed by atoms with E-state index in [-0.39, 0.29) is 30.9 Å². The number of ether oxygens (including phenoxy) is 1. The highest BCUT2D eigenvalue weighted by molar-refractivity contribution is 5.97. The first-order chi connectivity index (χ1) is 16.6. The molecule has 1 N–H and O–H groups in total. The first-order valence-corrected chi connectivity index (χ1v) is 11.8. The van der Waals surface area contributed by atoms with Gasteiger partial charge in [-0.05, 0) is 40.8 Å². The summed E-state index contributed by atoms with van der Waals surface area (Å²) < 4.78 is 5.49. The summed E-state index contributed by atoms with van der Waals surface area (Å²) in [6.45, 7) is 5.29. The highest BCUT2D eigenvalue weighted by Gasteiger charge is 2.33. The van der Waals surface area contributed by atoms with Crippen molar-refractivity contribution in [3.63, 3.8) is 0 Å². The SMILES string of the molecule is Cc1ccc(CN2C(=O)CC(c3ccc(-c4ccccc4)cc3)NC2=O)c(N2CCOCC2)c1. The molecule has 2 heterocycles. The largest absolute Gasteiger partial charge is 0.378 e. The van der Waals surface area contributed by atoms with Gasteiger partial charge in [0.1, 0.15) is 0 Å². The highest BCUT2D eigenvalue weighted by atomic mass is 16.5. The normalized spacial score (nSPS) is 18.7. The number of carbonyl (C=O) groups is 2. The zero-order valence-corrected chi connectivity index (χ0v) is 19.4. The van der Waals surface area contributed by atoms with Crippen LogP contribution in [-0.4, -0.2) is 43.1 Å². The van der Waals surface area contributed by atoms with Crippen LogP contribution in [0.4, 0.5) is 10.5 Å². The van der Waals surface area contributed by atoms with Crippen LogP contribution in [0.2, 0.25) is 0 Å². The Balaban J connectivity index is 1.30. The van der Waals surface area contributed by atoms with Gasteiger partial charge in [-0.3, -0.25) is 9.69 Å². The molecule has 3 aromatic rings. The Hall–Kier alpha value is -3.64. The number of urea groups is 1. The van der Waals surface area contributed by atoms with E-state index in [1.165, 1.54) is 4.90 Å². The van der Waals surface area contributed by atoms with Crippen LogP contribution in [0.1, 0.15) is 29.2 Å². The molecule has 2 fully saturated rings. The molecule has 2 aliphatic heterocycles. The molecule has 1 atom stereocenters. The Labute approximate surface area is 200 Å². The third kappa shape index (κ3) is 4.68. The number of hydrogen-bond donors (Lipinski definition) is 1. The fraction of sp³-hybridized carbons (Fsp3) is 0.286. The zero-order chi connectivity index (χ0) is 23.5. The number of nitrogens with one attached hydrogen (secondary N) is 1. The molecule has 6 nitrogen and oxygen atoms in total. The van der Waals surface area contributed by atoms with Crippen molar-refractivity contribution in [2.75, 3.05) is 31.2 Å². The van der Waals surface area contributed by atoms with Crippen molar-refractivity contribution >= 4 is 17.6 Å². The van der Waals surface area contributed by atoms with Crippen molar-refractivity contribution in [3.05, 3.63) is 89.5 Å². The topological polar surface area (TPSA) is 61.9 Å². The third-order valence-corrected chi connectivity index (χ3v) is 6.56. The van der Waals surface area contributed by atoms with E-state index in [9.17, 15) is 9.59 Å². The molecule has 1 unspecified atom stereocenters. The molecule has 0 bridgehead atoms. The summed E-state index contributed by atoms with van der Waals surface area (Å²) in [6, 6.07) is 23.7. The maximum absolute atomic E-state index is 13.1. The van der Waals surface area contributed by atoms with Gasteiger partial charge in [0, 0.05) is 18.8 Å². The Bertz CT molecular complexity index is 1150. The summed E-state index contributed by atoms with van der Waals surface area (Å²) in [6.07, 6.45) is 0.245. The van der Waals surface area contributed by atoms with Crippen molar-refractivity contribution in [1.29, 1.82) is 0 Å². The van der Waals surface area contributed by atoms with E-state index >= 15 is 0 Å². The lowest BCUT2D eigenvalue weighted by Crippen LogP contribution is -2.50. The monoisotopic (exact) mass is 455 g/mol. The van der Waals surface area contributed by atoms with Gasteiger partial charge in [-0.1, -0.05) is 66.7 Å². The van der Waals surface area contributed by atoms with Gasteiger partial charge in [-0.25, -0.2) is 4.79 Å². The van der Waals surface area contributed by atoms with Crippen LogP contribution in [0.15, 0.2) is 72.8 Å². The Morgan fingerprint density at radius 2 is 1.62 bits per heavy atom. The Kier molecular flexibility index (Phi) is 6.32. The molecule has 174 valence electrons. The number of imide groups is 1. The molecule has 2 aliphatic rings. The minimum absolute atomic E-state index is 0.158. The number of amides is 3. The molecule has 0 radical (unpaired) electrons. The third-order valence-electron chi connectivity index (χ3n) is 6.56. The Morgan fingerprint density at radius 3 is 2.32 bits per heavy atom. The molecule has 0 aliphatic carbocycles. The molecule has 0 saturated carbocycles. The molecular formula is C28H29N3O3. The summed E-state index contributed by atoms with van der Waals surface area (Å²) in [5.41, 5.74) is 6.38. The van der Waals surface area contributed by atoms with Crippen LogP contribution in [0.5, 0.6) is 0 Å². The maximum atomic E-state index is 13.1. The van der Waals surface area contributed by atoms with E-state index in [2.05, 4.69) is 35.3 Å². The van der Waals surface area contributed by atoms with Gasteiger partial charge in [0.2, 0.25) is 5.91 Å². The number of aryl methyl sites for hydroxylation is 1. The number of benzene rings is 3. The van der Waals surface area contributed by atoms with Crippen molar-refractivity contribution in [3.8, 4) is 11.1 Å². The first kappa shape index (κ1) is 22.2. The summed E-state index contributed by atoms with van der Waals surface area (Å²) in [7, 11) is 0. The molecule has 3 aromatic carbocycles. The zero-order valence-electron chi connectivity index (χ0n) is 19.4. The number of carbonyl (C=O) groups excluding carboxylic acids is 2. The second kappa shape index (κ2) is 9.69. The Morgan fingerprint density at radius 1 is 0.912 bits per heavy atom. The molecular weight excluding hydrogens is 426 g/mol. The van der Waals surface area contributed by atoms with E-state index in [4.69, 9.17) is 4.74 Å². The predicted molar refractivity (Wildman–Crippen MR) is 133 cm³/mol. The summed E-state index contributed by atoms with van der Waals surface area (Å²) in [5, 5.41) is 3.04. The van der Waals surface area contributed by atoms with Crippen molar-refractivity contribution < 1.29 is 14.3 Å². The van der Waals surface area contributed by atoms with E-state index in [0.717, 1.165) is 46.6 Å². The standard InChI is InChI=1S/C28H29N3O3/c1-20-7-8-24(26(17-20)30-13-15-34-16-14-30)19-31-27(32)18-25(29-28(31)33)23-11-9-22(10-12-23)21-5-3-2-4-6-21/h2-12,17,25H,13-16,18-19H2,1H3,(H,29,33). The average molecular weight is 456 g/mol. The molecule has 0 aromatic heterocycles. The van der Waals surface area contributed by atoms with E-state index in [0.29, 0.717) is 13.2 Å². The fourth-order valence-electron chi connectivity index (χ4n) is 4.65.